The van der Waals surface area contributed by atoms with Crippen LogP contribution in [0, 0.1) is 0 Å². The first-order valence-corrected chi connectivity index (χ1v) is 11.2. The number of aliphatic hydroxyl groups is 2. The van der Waals surface area contributed by atoms with Gasteiger partial charge < -0.3 is 29.2 Å². The number of carbonyl (C=O) groups is 2. The molecule has 2 unspecified atom stereocenters. The molecule has 188 valence electrons. The summed E-state index contributed by atoms with van der Waals surface area (Å²) in [4.78, 5) is 23.0. The Hall–Kier alpha value is -3.94. The third-order valence-electron chi connectivity index (χ3n) is 5.30. The second kappa shape index (κ2) is 12.0. The van der Waals surface area contributed by atoms with Gasteiger partial charge >= 0.3 is 11.9 Å². The number of carbonyl (C=O) groups excluding carboxylic acids is 2. The van der Waals surface area contributed by atoms with Crippen LogP contribution in [0.4, 0.5) is 0 Å². The topological polar surface area (TPSA) is 112 Å². The lowest BCUT2D eigenvalue weighted by Crippen LogP contribution is -2.24. The highest BCUT2D eigenvalue weighted by molar-refractivity contribution is 5.85. The zero-order valence-electron chi connectivity index (χ0n) is 20.4. The second-order valence-electron chi connectivity index (χ2n) is 8.29. The van der Waals surface area contributed by atoms with E-state index in [1.807, 2.05) is 24.3 Å². The van der Waals surface area contributed by atoms with Crippen LogP contribution in [0.5, 0.6) is 11.5 Å². The summed E-state index contributed by atoms with van der Waals surface area (Å²) in [6.07, 6.45) is -0.903. The molecule has 0 aliphatic carbocycles. The first-order chi connectivity index (χ1) is 16.5. The summed E-state index contributed by atoms with van der Waals surface area (Å²) in [6.45, 7) is 14.0. The fourth-order valence-electron chi connectivity index (χ4n) is 3.13. The van der Waals surface area contributed by atoms with Crippen LogP contribution in [0.2, 0.25) is 0 Å². The Morgan fingerprint density at radius 2 is 1.06 bits per heavy atom. The van der Waals surface area contributed by atoms with Crippen molar-refractivity contribution in [1.82, 2.24) is 0 Å². The van der Waals surface area contributed by atoms with Crippen molar-refractivity contribution in [1.29, 1.82) is 0 Å². The maximum Gasteiger partial charge on any atom is 0.375 e. The van der Waals surface area contributed by atoms with Crippen molar-refractivity contribution in [2.24, 2.45) is 0 Å². The molecule has 0 fully saturated rings. The van der Waals surface area contributed by atoms with Crippen molar-refractivity contribution in [2.45, 2.75) is 58.5 Å². The molecule has 2 aromatic rings. The van der Waals surface area contributed by atoms with Gasteiger partial charge in [0.2, 0.25) is 12.6 Å². The van der Waals surface area contributed by atoms with E-state index in [0.29, 0.717) is 24.3 Å². The van der Waals surface area contributed by atoms with Crippen molar-refractivity contribution in [3.8, 4) is 11.5 Å². The third kappa shape index (κ3) is 7.53. The van der Waals surface area contributed by atoms with E-state index in [9.17, 15) is 9.59 Å². The van der Waals surface area contributed by atoms with Crippen molar-refractivity contribution >= 4 is 11.9 Å². The predicted octanol–water partition coefficient (Wildman–Crippen LogP) is 5.47. The first-order valence-electron chi connectivity index (χ1n) is 11.2. The normalized spacial score (nSPS) is 12.7. The lowest BCUT2D eigenvalue weighted by molar-refractivity contribution is -0.163. The number of benzene rings is 2. The average molecular weight is 485 g/mol. The maximum atomic E-state index is 11.5. The van der Waals surface area contributed by atoms with Gasteiger partial charge in [-0.05, 0) is 48.6 Å². The molecular formula is C27H32O8. The van der Waals surface area contributed by atoms with Gasteiger partial charge in [-0.25, -0.2) is 9.59 Å². The Bertz CT molecular complexity index is 954. The molecule has 0 amide bonds. The number of rotatable bonds is 12. The fourth-order valence-corrected chi connectivity index (χ4v) is 3.13. The Labute approximate surface area is 205 Å². The zero-order chi connectivity index (χ0) is 26.2. The van der Waals surface area contributed by atoms with Crippen LogP contribution < -0.4 is 9.47 Å². The second-order valence-corrected chi connectivity index (χ2v) is 8.29. The van der Waals surface area contributed by atoms with Crippen LogP contribution >= 0.6 is 0 Å². The van der Waals surface area contributed by atoms with Crippen molar-refractivity contribution < 1.29 is 38.7 Å². The molecule has 2 atom stereocenters. The highest BCUT2D eigenvalue weighted by Crippen LogP contribution is 2.33. The first kappa shape index (κ1) is 27.3. The molecule has 2 aromatic carbocycles. The van der Waals surface area contributed by atoms with E-state index >= 15 is 0 Å². The number of aliphatic hydroxyl groups excluding tert-OH is 2. The summed E-state index contributed by atoms with van der Waals surface area (Å²) < 4.78 is 21.5. The highest BCUT2D eigenvalue weighted by Gasteiger charge is 2.24. The fraction of sp³-hybridized carbons (Fsp3) is 0.333. The van der Waals surface area contributed by atoms with Crippen molar-refractivity contribution in [3.05, 3.63) is 84.3 Å². The van der Waals surface area contributed by atoms with Gasteiger partial charge in [-0.15, -0.1) is 0 Å². The summed E-state index contributed by atoms with van der Waals surface area (Å²) in [7, 11) is 0. The smallest absolute Gasteiger partial charge is 0.375 e. The van der Waals surface area contributed by atoms with Gasteiger partial charge in [0.15, 0.2) is 11.5 Å². The molecule has 2 N–H and O–H groups in total. The monoisotopic (exact) mass is 484 g/mol. The molecule has 8 nitrogen and oxygen atoms in total. The van der Waals surface area contributed by atoms with Crippen LogP contribution in [-0.2, 0) is 24.5 Å². The van der Waals surface area contributed by atoms with Gasteiger partial charge in [0, 0.05) is 18.3 Å². The number of hydrogen-bond donors (Lipinski definition) is 2. The van der Waals surface area contributed by atoms with Gasteiger partial charge in [0.25, 0.3) is 0 Å². The van der Waals surface area contributed by atoms with Gasteiger partial charge in [-0.2, -0.15) is 0 Å². The van der Waals surface area contributed by atoms with Crippen LogP contribution in [0.1, 0.15) is 51.7 Å². The van der Waals surface area contributed by atoms with Crippen molar-refractivity contribution in [3.63, 3.8) is 0 Å². The maximum absolute atomic E-state index is 11.5. The Morgan fingerprint density at radius 3 is 1.31 bits per heavy atom. The number of hydrogen-bond acceptors (Lipinski definition) is 8. The van der Waals surface area contributed by atoms with Crippen LogP contribution in [0.25, 0.3) is 0 Å². The molecule has 8 heteroatoms. The van der Waals surface area contributed by atoms with Crippen LogP contribution in [0.15, 0.2) is 73.2 Å². The van der Waals surface area contributed by atoms with E-state index < -0.39 is 36.0 Å². The lowest BCUT2D eigenvalue weighted by atomic mass is 9.78. The molecule has 2 rings (SSSR count). The number of esters is 2. The minimum absolute atomic E-state index is 0.354. The van der Waals surface area contributed by atoms with E-state index in [-0.39, 0.29) is 5.41 Å². The minimum atomic E-state index is -0.927. The van der Waals surface area contributed by atoms with Crippen molar-refractivity contribution in [2.75, 3.05) is 0 Å². The Kier molecular flexibility index (Phi) is 9.34. The van der Waals surface area contributed by atoms with Gasteiger partial charge in [0.1, 0.15) is 11.5 Å². The molecule has 0 heterocycles. The SMILES string of the molecule is C=C(O)C(=O)OC(CC)Oc1ccc(C(C)(C)c2ccc(OC(CC)OC(=O)C(=C)O)cc2)cc1. The summed E-state index contributed by atoms with van der Waals surface area (Å²) >= 11 is 0. The standard InChI is InChI=1S/C27H32O8/c1-7-23(34-25(30)17(3)28)32-21-13-9-19(10-14-21)27(5,6)20-11-15-22(16-12-20)33-24(8-2)35-26(31)18(4)29/h9-16,23-24,28-29H,3-4,7-8H2,1-2,5-6H3. The Balaban J connectivity index is 2.08. The van der Waals surface area contributed by atoms with E-state index in [4.69, 9.17) is 29.2 Å². The van der Waals surface area contributed by atoms with Gasteiger partial charge in [0.05, 0.1) is 0 Å². The molecule has 0 spiro atoms. The van der Waals surface area contributed by atoms with E-state index in [2.05, 4.69) is 27.0 Å². The predicted molar refractivity (Wildman–Crippen MR) is 130 cm³/mol. The summed E-state index contributed by atoms with van der Waals surface area (Å²) in [5, 5.41) is 18.3. The molecule has 0 saturated carbocycles. The highest BCUT2D eigenvalue weighted by atomic mass is 16.7. The van der Waals surface area contributed by atoms with Gasteiger partial charge in [-0.1, -0.05) is 52.0 Å². The van der Waals surface area contributed by atoms with Crippen LogP contribution in [0.3, 0.4) is 0 Å². The summed E-state index contributed by atoms with van der Waals surface area (Å²) in [5.74, 6) is -2.18. The van der Waals surface area contributed by atoms with Crippen LogP contribution in [-0.4, -0.2) is 34.7 Å². The van der Waals surface area contributed by atoms with E-state index in [1.54, 1.807) is 38.1 Å². The molecule has 0 saturated heterocycles. The molecule has 35 heavy (non-hydrogen) atoms. The average Bonchev–Trinajstić information content (AvgIpc) is 2.83. The molecule has 0 aliphatic rings. The molecule has 0 radical (unpaired) electrons. The quantitative estimate of drug-likeness (QED) is 0.176. The summed E-state index contributed by atoms with van der Waals surface area (Å²) in [6, 6.07) is 14.8. The number of ether oxygens (including phenoxy) is 4. The largest absolute Gasteiger partial charge is 0.502 e. The Morgan fingerprint density at radius 1 is 0.743 bits per heavy atom. The molecular weight excluding hydrogens is 452 g/mol. The molecule has 0 aliphatic heterocycles. The zero-order valence-corrected chi connectivity index (χ0v) is 20.4. The minimum Gasteiger partial charge on any atom is -0.502 e. The lowest BCUT2D eigenvalue weighted by Gasteiger charge is -2.27. The third-order valence-corrected chi connectivity index (χ3v) is 5.30. The van der Waals surface area contributed by atoms with Gasteiger partial charge in [-0.3, -0.25) is 0 Å². The molecule has 0 aromatic heterocycles. The van der Waals surface area contributed by atoms with E-state index in [1.165, 1.54) is 0 Å². The molecule has 0 bridgehead atoms. The van der Waals surface area contributed by atoms with E-state index in [0.717, 1.165) is 11.1 Å². The summed E-state index contributed by atoms with van der Waals surface area (Å²) in [5.41, 5.74) is 1.69.